The van der Waals surface area contributed by atoms with E-state index in [2.05, 4.69) is 5.32 Å². The Bertz CT molecular complexity index is 835. The van der Waals surface area contributed by atoms with Crippen molar-refractivity contribution in [1.82, 2.24) is 5.32 Å². The van der Waals surface area contributed by atoms with E-state index in [4.69, 9.17) is 4.74 Å². The number of aliphatic hydroxyl groups is 2. The van der Waals surface area contributed by atoms with Gasteiger partial charge in [-0.05, 0) is 63.8 Å². The predicted octanol–water partition coefficient (Wildman–Crippen LogP) is 2.14. The summed E-state index contributed by atoms with van der Waals surface area (Å²) in [6, 6.07) is 7.51. The van der Waals surface area contributed by atoms with Gasteiger partial charge in [0.05, 0.1) is 11.7 Å². The molecule has 1 amide bonds. The minimum Gasteiger partial charge on any atom is -0.490 e. The Labute approximate surface area is 179 Å². The predicted molar refractivity (Wildman–Crippen MR) is 118 cm³/mol. The van der Waals surface area contributed by atoms with Crippen LogP contribution in [0.3, 0.4) is 0 Å². The first-order chi connectivity index (χ1) is 13.9. The highest BCUT2D eigenvalue weighted by molar-refractivity contribution is 7.93. The minimum absolute atomic E-state index is 0.394. The summed E-state index contributed by atoms with van der Waals surface area (Å²) < 4.78 is 27.6. The Kier molecular flexibility index (Phi) is 10.2. The van der Waals surface area contributed by atoms with Crippen molar-refractivity contribution >= 4 is 15.7 Å². The normalized spacial score (nSPS) is 14.0. The molecule has 0 saturated heterocycles. The Balaban J connectivity index is 2.36. The van der Waals surface area contributed by atoms with Gasteiger partial charge in [-0.1, -0.05) is 17.7 Å². The third kappa shape index (κ3) is 11.7. The van der Waals surface area contributed by atoms with Crippen LogP contribution in [0.2, 0.25) is 0 Å². The van der Waals surface area contributed by atoms with Gasteiger partial charge in [0.1, 0.15) is 12.4 Å². The number of carbonyl (C=O) groups excluding carboxylic acids is 1. The lowest BCUT2D eigenvalue weighted by Crippen LogP contribution is -2.35. The van der Waals surface area contributed by atoms with Crippen molar-refractivity contribution in [3.8, 4) is 5.75 Å². The van der Waals surface area contributed by atoms with Gasteiger partial charge in [-0.3, -0.25) is 4.79 Å². The first kappa shape index (κ1) is 25.9. The number of hydrogen-bond acceptors (Lipinski definition) is 6. The number of ether oxygens (including phenoxy) is 1. The van der Waals surface area contributed by atoms with E-state index < -0.39 is 27.4 Å². The lowest BCUT2D eigenvalue weighted by atomic mass is 9.96. The second-order valence-electron chi connectivity index (χ2n) is 7.89. The molecular weight excluding hydrogens is 406 g/mol. The zero-order chi connectivity index (χ0) is 22.8. The second-order valence-corrected chi connectivity index (χ2v) is 9.82. The summed E-state index contributed by atoms with van der Waals surface area (Å²) in [4.78, 5) is 11.5. The molecule has 0 spiro atoms. The van der Waals surface area contributed by atoms with Crippen LogP contribution in [0.15, 0.2) is 47.4 Å². The molecule has 1 aromatic rings. The van der Waals surface area contributed by atoms with E-state index >= 15 is 0 Å². The molecule has 8 heteroatoms. The van der Waals surface area contributed by atoms with Crippen molar-refractivity contribution in [2.75, 3.05) is 19.4 Å². The Morgan fingerprint density at radius 2 is 1.90 bits per heavy atom. The van der Waals surface area contributed by atoms with E-state index in [1.54, 1.807) is 13.8 Å². The molecule has 1 aromatic carbocycles. The number of nitrogens with one attached hydrogen (secondary N) is 1. The molecule has 0 fully saturated rings. The van der Waals surface area contributed by atoms with Crippen molar-refractivity contribution in [1.29, 1.82) is 0 Å². The summed E-state index contributed by atoms with van der Waals surface area (Å²) in [5.74, 6) is 0.275. The molecule has 3 N–H and O–H groups in total. The summed E-state index contributed by atoms with van der Waals surface area (Å²) in [5.41, 5.74) is 0.992. The lowest BCUT2D eigenvalue weighted by Gasteiger charge is -2.24. The molecule has 30 heavy (non-hydrogen) atoms. The number of hydrogen-bond donors (Lipinski definition) is 3. The lowest BCUT2D eigenvalue weighted by molar-refractivity contribution is -0.116. The molecule has 0 aliphatic carbocycles. The van der Waals surface area contributed by atoms with Crippen LogP contribution < -0.4 is 10.1 Å². The molecule has 0 saturated carbocycles. The van der Waals surface area contributed by atoms with Gasteiger partial charge in [0, 0.05) is 24.3 Å². The van der Waals surface area contributed by atoms with Gasteiger partial charge in [0.25, 0.3) is 0 Å². The molecule has 0 aliphatic rings. The number of sulfone groups is 1. The minimum atomic E-state index is -3.31. The SMILES string of the molecule is CC(=CCOc1ccc(CCNC(=O)C=CS(C)(=O)=O)cc1)CC[C@H](O)C(C)(C)O. The second kappa shape index (κ2) is 11.9. The monoisotopic (exact) mass is 439 g/mol. The van der Waals surface area contributed by atoms with Crippen LogP contribution in [0.1, 0.15) is 39.2 Å². The van der Waals surface area contributed by atoms with Crippen molar-refractivity contribution in [3.05, 3.63) is 53.0 Å². The maximum Gasteiger partial charge on any atom is 0.244 e. The molecule has 1 rings (SSSR count). The fourth-order valence-corrected chi connectivity index (χ4v) is 2.80. The van der Waals surface area contributed by atoms with Crippen molar-refractivity contribution in [3.63, 3.8) is 0 Å². The Morgan fingerprint density at radius 1 is 1.27 bits per heavy atom. The summed E-state index contributed by atoms with van der Waals surface area (Å²) in [7, 11) is -3.31. The molecule has 0 heterocycles. The van der Waals surface area contributed by atoms with Gasteiger partial charge in [-0.2, -0.15) is 0 Å². The molecule has 168 valence electrons. The average molecular weight is 440 g/mol. The molecular formula is C22H33NO6S. The van der Waals surface area contributed by atoms with E-state index in [0.717, 1.165) is 34.6 Å². The quantitative estimate of drug-likeness (QED) is 0.340. The highest BCUT2D eigenvalue weighted by Crippen LogP contribution is 2.17. The van der Waals surface area contributed by atoms with Gasteiger partial charge >= 0.3 is 0 Å². The van der Waals surface area contributed by atoms with Crippen LogP contribution in [-0.4, -0.2) is 55.7 Å². The van der Waals surface area contributed by atoms with Crippen LogP contribution in [0.25, 0.3) is 0 Å². The zero-order valence-corrected chi connectivity index (χ0v) is 18.9. The van der Waals surface area contributed by atoms with Crippen LogP contribution in [0.5, 0.6) is 5.75 Å². The van der Waals surface area contributed by atoms with Crippen molar-refractivity contribution in [2.45, 2.75) is 51.7 Å². The third-order valence-electron chi connectivity index (χ3n) is 4.41. The number of amides is 1. The van der Waals surface area contributed by atoms with Gasteiger partial charge in [-0.15, -0.1) is 0 Å². The van der Waals surface area contributed by atoms with E-state index in [1.807, 2.05) is 37.3 Å². The number of allylic oxidation sites excluding steroid dienone is 1. The maximum atomic E-state index is 11.5. The van der Waals surface area contributed by atoms with E-state index in [9.17, 15) is 23.4 Å². The third-order valence-corrected chi connectivity index (χ3v) is 5.04. The van der Waals surface area contributed by atoms with Gasteiger partial charge in [0.2, 0.25) is 5.91 Å². The number of aliphatic hydroxyl groups excluding tert-OH is 1. The van der Waals surface area contributed by atoms with Gasteiger partial charge < -0.3 is 20.3 Å². The molecule has 0 bridgehead atoms. The molecule has 1 atom stereocenters. The molecule has 0 radical (unpaired) electrons. The van der Waals surface area contributed by atoms with E-state index in [-0.39, 0.29) is 0 Å². The van der Waals surface area contributed by atoms with Gasteiger partial charge in [-0.25, -0.2) is 8.42 Å². The summed E-state index contributed by atoms with van der Waals surface area (Å²) in [5, 5.41) is 23.1. The van der Waals surface area contributed by atoms with Crippen molar-refractivity contribution in [2.24, 2.45) is 0 Å². The summed E-state index contributed by atoms with van der Waals surface area (Å²) in [6.07, 6.45) is 4.99. The van der Waals surface area contributed by atoms with E-state index in [0.29, 0.717) is 32.4 Å². The molecule has 0 unspecified atom stereocenters. The van der Waals surface area contributed by atoms with Crippen LogP contribution >= 0.6 is 0 Å². The average Bonchev–Trinajstić information content (AvgIpc) is 2.64. The van der Waals surface area contributed by atoms with Crippen LogP contribution in [0.4, 0.5) is 0 Å². The molecule has 7 nitrogen and oxygen atoms in total. The maximum absolute atomic E-state index is 11.5. The number of carbonyl (C=O) groups is 1. The highest BCUT2D eigenvalue weighted by Gasteiger charge is 2.23. The Hall–Kier alpha value is -2.16. The number of benzene rings is 1. The fourth-order valence-electron chi connectivity index (χ4n) is 2.43. The standard InChI is InChI=1S/C22H33NO6S/c1-17(5-10-20(24)22(2,3)26)12-15-29-19-8-6-18(7-9-19)11-14-23-21(25)13-16-30(4,27)28/h6-9,12-13,16,20,24,26H,5,10-11,14-15H2,1-4H3,(H,23,25)/t20-/m0/s1. The van der Waals surface area contributed by atoms with Crippen LogP contribution in [-0.2, 0) is 21.1 Å². The zero-order valence-electron chi connectivity index (χ0n) is 18.1. The molecule has 0 aliphatic heterocycles. The van der Waals surface area contributed by atoms with E-state index in [1.165, 1.54) is 0 Å². The Morgan fingerprint density at radius 3 is 2.47 bits per heavy atom. The molecule has 0 aromatic heterocycles. The number of rotatable bonds is 12. The summed E-state index contributed by atoms with van der Waals surface area (Å²) in [6.45, 7) is 5.95. The smallest absolute Gasteiger partial charge is 0.244 e. The van der Waals surface area contributed by atoms with Crippen molar-refractivity contribution < 1.29 is 28.2 Å². The fraction of sp³-hybridized carbons (Fsp3) is 0.500. The van der Waals surface area contributed by atoms with Crippen LogP contribution in [0, 0.1) is 0 Å². The largest absolute Gasteiger partial charge is 0.490 e. The summed E-state index contributed by atoms with van der Waals surface area (Å²) >= 11 is 0. The first-order valence-corrected chi connectivity index (χ1v) is 11.8. The highest BCUT2D eigenvalue weighted by atomic mass is 32.2. The topological polar surface area (TPSA) is 113 Å². The van der Waals surface area contributed by atoms with Gasteiger partial charge in [0.15, 0.2) is 9.84 Å². The first-order valence-electron chi connectivity index (χ1n) is 9.80.